The first kappa shape index (κ1) is 30.5. The lowest BCUT2D eigenvalue weighted by Gasteiger charge is -2.22. The van der Waals surface area contributed by atoms with Gasteiger partial charge in [0.05, 0.1) is 18.6 Å². The van der Waals surface area contributed by atoms with Gasteiger partial charge in [0.25, 0.3) is 0 Å². The summed E-state index contributed by atoms with van der Waals surface area (Å²) >= 11 is 1.64. The monoisotopic (exact) mass is 504 g/mol. The number of amides is 2. The third kappa shape index (κ3) is 14.4. The number of hydrogen-bond acceptors (Lipinski definition) is 6. The van der Waals surface area contributed by atoms with Crippen LogP contribution in [0.4, 0.5) is 0 Å². The number of aliphatic hydroxyl groups is 1. The maximum Gasteiger partial charge on any atom is 0.305 e. The number of nitrogens with one attached hydrogen (secondary N) is 2. The Hall–Kier alpha value is -2.58. The summed E-state index contributed by atoms with van der Waals surface area (Å²) < 4.78 is 5.46. The molecule has 1 aromatic rings. The molecule has 0 heterocycles. The van der Waals surface area contributed by atoms with Crippen LogP contribution in [0.3, 0.4) is 0 Å². The first-order valence-electron chi connectivity index (χ1n) is 12.1. The number of benzene rings is 1. The molecule has 3 N–H and O–H groups in total. The van der Waals surface area contributed by atoms with Crippen LogP contribution in [0.2, 0.25) is 0 Å². The Morgan fingerprint density at radius 2 is 1.86 bits per heavy atom. The highest BCUT2D eigenvalue weighted by Crippen LogP contribution is 2.15. The van der Waals surface area contributed by atoms with Crippen molar-refractivity contribution in [2.45, 2.75) is 63.3 Å². The lowest BCUT2D eigenvalue weighted by molar-refractivity contribution is -0.145. The number of aliphatic hydroxyl groups excluding tert-OH is 1. The average molecular weight is 505 g/mol. The van der Waals surface area contributed by atoms with Crippen LogP contribution in [0.1, 0.15) is 51.0 Å². The van der Waals surface area contributed by atoms with Gasteiger partial charge in [0.15, 0.2) is 0 Å². The van der Waals surface area contributed by atoms with E-state index in [1.807, 2.05) is 36.4 Å². The van der Waals surface area contributed by atoms with E-state index in [1.165, 1.54) is 5.56 Å². The fourth-order valence-electron chi connectivity index (χ4n) is 3.25. The summed E-state index contributed by atoms with van der Waals surface area (Å²) in [6.45, 7) is 8.96. The number of allylic oxidation sites excluding steroid dienone is 2. The molecule has 7 nitrogen and oxygen atoms in total. The van der Waals surface area contributed by atoms with Crippen LogP contribution in [-0.2, 0) is 24.9 Å². The highest BCUT2D eigenvalue weighted by Gasteiger charge is 2.24. The summed E-state index contributed by atoms with van der Waals surface area (Å²) in [6, 6.07) is 9.22. The van der Waals surface area contributed by atoms with Crippen molar-refractivity contribution in [3.05, 3.63) is 61.2 Å². The lowest BCUT2D eigenvalue weighted by atomic mass is 9.99. The molecule has 0 saturated heterocycles. The summed E-state index contributed by atoms with van der Waals surface area (Å²) in [4.78, 5) is 37.4. The van der Waals surface area contributed by atoms with E-state index in [-0.39, 0.29) is 49.5 Å². The van der Waals surface area contributed by atoms with Gasteiger partial charge in [-0.05, 0) is 38.2 Å². The van der Waals surface area contributed by atoms with Crippen molar-refractivity contribution < 1.29 is 24.2 Å². The second kappa shape index (κ2) is 18.7. The molecule has 3 atom stereocenters. The number of carbonyl (C=O) groups excluding carboxylic acids is 3. The maximum atomic E-state index is 13.0. The van der Waals surface area contributed by atoms with Crippen LogP contribution in [-0.4, -0.2) is 53.9 Å². The fourth-order valence-corrected chi connectivity index (χ4v) is 4.26. The van der Waals surface area contributed by atoms with E-state index in [1.54, 1.807) is 24.8 Å². The Bertz CT molecular complexity index is 787. The Morgan fingerprint density at radius 1 is 1.11 bits per heavy atom. The van der Waals surface area contributed by atoms with Crippen LogP contribution in [0, 0.1) is 5.92 Å². The van der Waals surface area contributed by atoms with E-state index < -0.39 is 5.92 Å². The van der Waals surface area contributed by atoms with Crippen molar-refractivity contribution >= 4 is 29.5 Å². The van der Waals surface area contributed by atoms with Crippen molar-refractivity contribution in [1.29, 1.82) is 0 Å². The first-order valence-corrected chi connectivity index (χ1v) is 13.2. The molecule has 0 bridgehead atoms. The quantitative estimate of drug-likeness (QED) is 0.150. The minimum Gasteiger partial charge on any atom is -0.463 e. The van der Waals surface area contributed by atoms with Gasteiger partial charge in [-0.1, -0.05) is 42.5 Å². The number of esters is 1. The Labute approximate surface area is 213 Å². The van der Waals surface area contributed by atoms with Gasteiger partial charge in [-0.2, -0.15) is 11.8 Å². The molecular weight excluding hydrogens is 464 g/mol. The predicted molar refractivity (Wildman–Crippen MR) is 142 cm³/mol. The summed E-state index contributed by atoms with van der Waals surface area (Å²) in [5.41, 5.74) is 1.17. The van der Waals surface area contributed by atoms with E-state index in [2.05, 4.69) is 23.8 Å². The van der Waals surface area contributed by atoms with Crippen molar-refractivity contribution in [1.82, 2.24) is 10.6 Å². The molecule has 0 aliphatic carbocycles. The summed E-state index contributed by atoms with van der Waals surface area (Å²) in [5, 5.41) is 14.8. The van der Waals surface area contributed by atoms with Gasteiger partial charge in [0.2, 0.25) is 11.8 Å². The molecule has 194 valence electrons. The predicted octanol–water partition coefficient (Wildman–Crippen LogP) is 3.77. The Kier molecular flexibility index (Phi) is 16.3. The van der Waals surface area contributed by atoms with E-state index in [9.17, 15) is 14.4 Å². The highest BCUT2D eigenvalue weighted by atomic mass is 32.2. The zero-order chi connectivity index (χ0) is 25.9. The van der Waals surface area contributed by atoms with Gasteiger partial charge in [-0.25, -0.2) is 0 Å². The molecule has 0 aliphatic rings. The van der Waals surface area contributed by atoms with Gasteiger partial charge in [0.1, 0.15) is 6.61 Å². The summed E-state index contributed by atoms with van der Waals surface area (Å²) in [6.07, 6.45) is 6.54. The van der Waals surface area contributed by atoms with Gasteiger partial charge in [-0.15, -0.1) is 13.2 Å². The molecule has 0 aromatic heterocycles. The molecule has 35 heavy (non-hydrogen) atoms. The SMILES string of the molecule is C=CCCCCC(=O)OCC(CSCc1ccccc1)NC(=O)C(CC=C)CC(=O)NC(C)CO. The third-order valence-electron chi connectivity index (χ3n) is 5.20. The minimum absolute atomic E-state index is 0.0187. The van der Waals surface area contributed by atoms with Crippen LogP contribution < -0.4 is 10.6 Å². The van der Waals surface area contributed by atoms with E-state index >= 15 is 0 Å². The molecule has 3 unspecified atom stereocenters. The minimum atomic E-state index is -0.602. The van der Waals surface area contributed by atoms with Crippen LogP contribution in [0.25, 0.3) is 0 Å². The van der Waals surface area contributed by atoms with Crippen molar-refractivity contribution in [3.63, 3.8) is 0 Å². The number of thioether (sulfide) groups is 1. The van der Waals surface area contributed by atoms with Gasteiger partial charge < -0.3 is 20.5 Å². The molecule has 1 rings (SSSR count). The molecule has 0 aliphatic heterocycles. The standard InChI is InChI=1S/C27H40N2O5S/c1-4-6-7-11-15-26(32)34-18-24(20-35-19-22-13-9-8-10-14-22)29-27(33)23(12-5-2)16-25(31)28-21(3)17-30/h4-5,8-10,13-14,21,23-24,30H,1-2,6-7,11-12,15-20H2,3H3,(H,28,31)(H,29,33). The maximum absolute atomic E-state index is 13.0. The van der Waals surface area contributed by atoms with Crippen LogP contribution in [0.15, 0.2) is 55.6 Å². The smallest absolute Gasteiger partial charge is 0.305 e. The molecule has 1 aromatic carbocycles. The van der Waals surface area contributed by atoms with Crippen LogP contribution >= 0.6 is 11.8 Å². The van der Waals surface area contributed by atoms with Crippen LogP contribution in [0.5, 0.6) is 0 Å². The van der Waals surface area contributed by atoms with Gasteiger partial charge in [-0.3, -0.25) is 14.4 Å². The number of rotatable bonds is 19. The third-order valence-corrected chi connectivity index (χ3v) is 6.37. The molecule has 8 heteroatoms. The number of ether oxygens (including phenoxy) is 1. The second-order valence-electron chi connectivity index (χ2n) is 8.50. The zero-order valence-electron chi connectivity index (χ0n) is 20.7. The highest BCUT2D eigenvalue weighted by molar-refractivity contribution is 7.98. The van der Waals surface area contributed by atoms with Gasteiger partial charge in [0, 0.05) is 30.4 Å². The molecule has 2 amide bonds. The molecule has 0 fully saturated rings. The van der Waals surface area contributed by atoms with E-state index in [0.717, 1.165) is 25.0 Å². The lowest BCUT2D eigenvalue weighted by Crippen LogP contribution is -2.45. The normalized spacial score (nSPS) is 13.2. The Balaban J connectivity index is 2.71. The second-order valence-corrected chi connectivity index (χ2v) is 9.53. The van der Waals surface area contributed by atoms with E-state index in [0.29, 0.717) is 18.6 Å². The van der Waals surface area contributed by atoms with Crippen molar-refractivity contribution in [2.24, 2.45) is 5.92 Å². The molecular formula is C27H40N2O5S. The number of hydrogen-bond donors (Lipinski definition) is 3. The van der Waals surface area contributed by atoms with Crippen molar-refractivity contribution in [2.75, 3.05) is 19.0 Å². The summed E-state index contributed by atoms with van der Waals surface area (Å²) in [7, 11) is 0. The van der Waals surface area contributed by atoms with Crippen molar-refractivity contribution in [3.8, 4) is 0 Å². The fraction of sp³-hybridized carbons (Fsp3) is 0.519. The largest absolute Gasteiger partial charge is 0.463 e. The molecule has 0 radical (unpaired) electrons. The average Bonchev–Trinajstić information content (AvgIpc) is 2.85. The molecule has 0 saturated carbocycles. The number of unbranched alkanes of at least 4 members (excludes halogenated alkanes) is 2. The number of carbonyl (C=O) groups is 3. The summed E-state index contributed by atoms with van der Waals surface area (Å²) in [5.74, 6) is -0.173. The Morgan fingerprint density at radius 3 is 2.51 bits per heavy atom. The van der Waals surface area contributed by atoms with Gasteiger partial charge >= 0.3 is 5.97 Å². The topological polar surface area (TPSA) is 105 Å². The van der Waals surface area contributed by atoms with E-state index in [4.69, 9.17) is 9.84 Å². The first-order chi connectivity index (χ1) is 16.9. The molecule has 0 spiro atoms. The zero-order valence-corrected chi connectivity index (χ0v) is 21.6.